The molecular formula is C33H28Cl2N2O6S. The van der Waals surface area contributed by atoms with Gasteiger partial charge in [0.1, 0.15) is 0 Å². The number of fused-ring (bicyclic) bond motifs is 1. The Kier molecular flexibility index (Phi) is 9.39. The maximum absolute atomic E-state index is 14.1. The fraction of sp³-hybridized carbons (Fsp3) is 0.212. The first-order chi connectivity index (χ1) is 21.1. The Morgan fingerprint density at radius 1 is 1.07 bits per heavy atom. The largest absolute Gasteiger partial charge is 0.479 e. The van der Waals surface area contributed by atoms with Crippen molar-refractivity contribution in [1.82, 2.24) is 4.57 Å². The number of thiazole rings is 1. The van der Waals surface area contributed by atoms with Crippen LogP contribution in [0.25, 0.3) is 11.8 Å². The van der Waals surface area contributed by atoms with Crippen LogP contribution in [0.15, 0.2) is 82.1 Å². The van der Waals surface area contributed by atoms with Crippen molar-refractivity contribution in [2.24, 2.45) is 4.99 Å². The lowest BCUT2D eigenvalue weighted by Gasteiger charge is -2.26. The summed E-state index contributed by atoms with van der Waals surface area (Å²) >= 11 is 13.9. The van der Waals surface area contributed by atoms with Crippen LogP contribution in [0.3, 0.4) is 0 Å². The Morgan fingerprint density at radius 3 is 2.32 bits per heavy atom. The second kappa shape index (κ2) is 13.2. The number of hydrogen-bond acceptors (Lipinski definition) is 7. The van der Waals surface area contributed by atoms with Crippen molar-refractivity contribution >= 4 is 58.3 Å². The maximum Gasteiger partial charge on any atom is 0.341 e. The molecule has 1 aliphatic heterocycles. The zero-order valence-corrected chi connectivity index (χ0v) is 26.4. The Bertz CT molecular complexity index is 1920. The minimum Gasteiger partial charge on any atom is -0.479 e. The number of aliphatic carboxylic acids is 1. The molecule has 1 aliphatic rings. The number of rotatable bonds is 9. The van der Waals surface area contributed by atoms with Crippen molar-refractivity contribution in [3.05, 3.63) is 124 Å². The van der Waals surface area contributed by atoms with Crippen LogP contribution in [-0.4, -0.2) is 34.8 Å². The molecule has 1 atom stereocenters. The third-order valence-electron chi connectivity index (χ3n) is 6.95. The van der Waals surface area contributed by atoms with E-state index in [4.69, 9.17) is 42.8 Å². The third kappa shape index (κ3) is 6.36. The first kappa shape index (κ1) is 31.3. The molecule has 2 heterocycles. The van der Waals surface area contributed by atoms with E-state index in [1.807, 2.05) is 54.6 Å². The molecular weight excluding hydrogens is 623 g/mol. The van der Waals surface area contributed by atoms with Crippen molar-refractivity contribution in [1.29, 1.82) is 0 Å². The van der Waals surface area contributed by atoms with Gasteiger partial charge in [-0.25, -0.2) is 14.6 Å². The average molecular weight is 652 g/mol. The second-order valence-corrected chi connectivity index (χ2v) is 12.1. The van der Waals surface area contributed by atoms with Crippen LogP contribution < -0.4 is 19.6 Å². The third-order valence-corrected chi connectivity index (χ3v) is 8.50. The van der Waals surface area contributed by atoms with Gasteiger partial charge >= 0.3 is 11.9 Å². The normalized spacial score (nSPS) is 14.8. The van der Waals surface area contributed by atoms with Gasteiger partial charge in [0.2, 0.25) is 0 Å². The predicted octanol–water partition coefficient (Wildman–Crippen LogP) is 5.83. The van der Waals surface area contributed by atoms with Gasteiger partial charge in [0.15, 0.2) is 17.2 Å². The van der Waals surface area contributed by atoms with E-state index in [-0.39, 0.29) is 33.5 Å². The van der Waals surface area contributed by atoms with Crippen molar-refractivity contribution < 1.29 is 24.2 Å². The maximum atomic E-state index is 14.1. The van der Waals surface area contributed by atoms with Crippen LogP contribution in [0.1, 0.15) is 55.0 Å². The number of carbonyl (C=O) groups excluding carboxylic acids is 1. The highest BCUT2D eigenvalue weighted by Crippen LogP contribution is 2.36. The number of esters is 1. The Balaban J connectivity index is 1.74. The van der Waals surface area contributed by atoms with E-state index >= 15 is 0 Å². The van der Waals surface area contributed by atoms with Crippen LogP contribution in [0, 0.1) is 0 Å². The first-order valence-electron chi connectivity index (χ1n) is 13.8. The molecule has 226 valence electrons. The molecule has 0 bridgehead atoms. The Morgan fingerprint density at radius 2 is 1.73 bits per heavy atom. The number of hydrogen-bond donors (Lipinski definition) is 1. The lowest BCUT2D eigenvalue weighted by Crippen LogP contribution is -2.40. The molecule has 4 aromatic rings. The van der Waals surface area contributed by atoms with Crippen molar-refractivity contribution in [3.63, 3.8) is 0 Å². The van der Waals surface area contributed by atoms with Crippen molar-refractivity contribution in [2.75, 3.05) is 13.2 Å². The standard InChI is InChI=1S/C33H28Cl2N2O6S/c1-4-42-32(41)27-28(21-8-6-5-7-9-21)36-33-37(29(27)22-12-10-20(11-13-22)18(2)3)31(40)25(44-33)16-19-14-23(34)30(24(35)15-19)43-17-26(38)39/h5-16,18,29H,4,17H2,1-3H3,(H,38,39)/b25-16-/t29-/m1/s1. The minimum atomic E-state index is -1.17. The summed E-state index contributed by atoms with van der Waals surface area (Å²) in [4.78, 5) is 43.9. The molecule has 44 heavy (non-hydrogen) atoms. The zero-order valence-electron chi connectivity index (χ0n) is 24.0. The monoisotopic (exact) mass is 650 g/mol. The summed E-state index contributed by atoms with van der Waals surface area (Å²) in [6.45, 7) is 5.47. The first-order valence-corrected chi connectivity index (χ1v) is 15.4. The summed E-state index contributed by atoms with van der Waals surface area (Å²) in [6.07, 6.45) is 1.62. The van der Waals surface area contributed by atoms with Gasteiger partial charge in [0.05, 0.1) is 38.5 Å². The van der Waals surface area contributed by atoms with Crippen LogP contribution in [0.5, 0.6) is 5.75 Å². The minimum absolute atomic E-state index is 0.0331. The molecule has 0 saturated heterocycles. The Labute approximate surface area is 267 Å². The van der Waals surface area contributed by atoms with Crippen molar-refractivity contribution in [3.8, 4) is 5.75 Å². The highest BCUT2D eigenvalue weighted by atomic mass is 35.5. The molecule has 1 N–H and O–H groups in total. The highest BCUT2D eigenvalue weighted by Gasteiger charge is 2.35. The predicted molar refractivity (Wildman–Crippen MR) is 171 cm³/mol. The van der Waals surface area contributed by atoms with Crippen LogP contribution in [-0.2, 0) is 14.3 Å². The molecule has 0 aliphatic carbocycles. The number of benzene rings is 3. The molecule has 0 saturated carbocycles. The van der Waals surface area contributed by atoms with Crippen LogP contribution >= 0.6 is 34.5 Å². The lowest BCUT2D eigenvalue weighted by molar-refractivity contribution is -0.140. The zero-order chi connectivity index (χ0) is 31.5. The van der Waals surface area contributed by atoms with Gasteiger partial charge < -0.3 is 14.6 Å². The summed E-state index contributed by atoms with van der Waals surface area (Å²) in [5.41, 5.74) is 3.40. The molecule has 0 radical (unpaired) electrons. The molecule has 0 spiro atoms. The van der Waals surface area contributed by atoms with E-state index in [1.165, 1.54) is 28.0 Å². The summed E-state index contributed by atoms with van der Waals surface area (Å²) in [7, 11) is 0. The SMILES string of the molecule is CCOC(=O)C1=C(c2ccccc2)N=c2s/c(=C\c3cc(Cl)c(OCC(=O)O)c(Cl)c3)c(=O)n2[C@@H]1c1ccc(C(C)C)cc1. The quantitative estimate of drug-likeness (QED) is 0.229. The molecule has 0 amide bonds. The number of carboxylic acids is 1. The molecule has 0 fully saturated rings. The molecule has 1 aromatic heterocycles. The lowest BCUT2D eigenvalue weighted by atomic mass is 9.91. The van der Waals surface area contributed by atoms with Gasteiger partial charge in [-0.3, -0.25) is 9.36 Å². The molecule has 11 heteroatoms. The number of carbonyl (C=O) groups is 2. The molecule has 8 nitrogen and oxygen atoms in total. The van der Waals surface area contributed by atoms with Gasteiger partial charge in [-0.1, -0.05) is 103 Å². The van der Waals surface area contributed by atoms with Gasteiger partial charge in [-0.05, 0) is 47.7 Å². The average Bonchev–Trinajstić information content (AvgIpc) is 3.30. The van der Waals surface area contributed by atoms with Crippen LogP contribution in [0.4, 0.5) is 0 Å². The number of carboxylic acid groups (broad SMARTS) is 1. The summed E-state index contributed by atoms with van der Waals surface area (Å²) < 4.78 is 12.6. The van der Waals surface area contributed by atoms with E-state index in [1.54, 1.807) is 13.0 Å². The molecule has 5 rings (SSSR count). The van der Waals surface area contributed by atoms with Gasteiger partial charge in [-0.2, -0.15) is 0 Å². The smallest absolute Gasteiger partial charge is 0.341 e. The summed E-state index contributed by atoms with van der Waals surface area (Å²) in [5.74, 6) is -1.40. The topological polar surface area (TPSA) is 107 Å². The van der Waals surface area contributed by atoms with Crippen LogP contribution in [0.2, 0.25) is 10.0 Å². The van der Waals surface area contributed by atoms with Crippen molar-refractivity contribution in [2.45, 2.75) is 32.7 Å². The van der Waals surface area contributed by atoms with E-state index in [0.717, 1.165) is 11.1 Å². The van der Waals surface area contributed by atoms with Gasteiger partial charge in [-0.15, -0.1) is 0 Å². The van der Waals surface area contributed by atoms with E-state index in [0.29, 0.717) is 32.1 Å². The molecule has 3 aromatic carbocycles. The highest BCUT2D eigenvalue weighted by molar-refractivity contribution is 7.07. The number of nitrogens with zero attached hydrogens (tertiary/aromatic N) is 2. The fourth-order valence-corrected chi connectivity index (χ4v) is 6.52. The fourth-order valence-electron chi connectivity index (χ4n) is 4.90. The number of ether oxygens (including phenoxy) is 2. The summed E-state index contributed by atoms with van der Waals surface area (Å²) in [6, 6.07) is 19.4. The Hall–Kier alpha value is -4.18. The second-order valence-electron chi connectivity index (χ2n) is 10.2. The van der Waals surface area contributed by atoms with E-state index in [2.05, 4.69) is 13.8 Å². The molecule has 0 unspecified atom stereocenters. The number of halogens is 2. The van der Waals surface area contributed by atoms with E-state index < -0.39 is 24.6 Å². The number of aromatic nitrogens is 1. The van der Waals surface area contributed by atoms with Gasteiger partial charge in [0.25, 0.3) is 5.56 Å². The van der Waals surface area contributed by atoms with E-state index in [9.17, 15) is 14.4 Å². The van der Waals surface area contributed by atoms with Gasteiger partial charge in [0, 0.05) is 5.56 Å². The summed E-state index contributed by atoms with van der Waals surface area (Å²) in [5, 5.41) is 9.13.